The van der Waals surface area contributed by atoms with Gasteiger partial charge in [0.15, 0.2) is 0 Å². The van der Waals surface area contributed by atoms with E-state index in [0.29, 0.717) is 18.4 Å². The number of carbonyl (C=O) groups excluding carboxylic acids is 1. The summed E-state index contributed by atoms with van der Waals surface area (Å²) in [7, 11) is 0. The highest BCUT2D eigenvalue weighted by atomic mass is 32.1. The molecule has 2 N–H and O–H groups in total. The van der Waals surface area contributed by atoms with Gasteiger partial charge in [-0.3, -0.25) is 14.7 Å². The van der Waals surface area contributed by atoms with Crippen LogP contribution in [0.5, 0.6) is 0 Å². The van der Waals surface area contributed by atoms with Gasteiger partial charge in [-0.15, -0.1) is 11.3 Å². The fourth-order valence-electron chi connectivity index (χ4n) is 5.72. The molecular formula is C29H38N4O2S. The highest BCUT2D eigenvalue weighted by Crippen LogP contribution is 2.36. The molecular weight excluding hydrogens is 468 g/mol. The Morgan fingerprint density at radius 3 is 2.75 bits per heavy atom. The highest BCUT2D eigenvalue weighted by Gasteiger charge is 2.32. The van der Waals surface area contributed by atoms with Crippen molar-refractivity contribution in [2.24, 2.45) is 5.92 Å². The number of hydrogen-bond acceptors (Lipinski definition) is 6. The van der Waals surface area contributed by atoms with Crippen molar-refractivity contribution in [3.63, 3.8) is 0 Å². The maximum atomic E-state index is 13.0. The number of carbonyl (C=O) groups is 1. The van der Waals surface area contributed by atoms with Crippen LogP contribution in [0.25, 0.3) is 10.9 Å². The molecule has 7 heteroatoms. The van der Waals surface area contributed by atoms with Crippen LogP contribution in [0.1, 0.15) is 84.7 Å². The van der Waals surface area contributed by atoms with E-state index in [4.69, 9.17) is 4.98 Å². The molecule has 1 fully saturated rings. The van der Waals surface area contributed by atoms with Crippen LogP contribution in [0, 0.1) is 5.92 Å². The second-order valence-electron chi connectivity index (χ2n) is 10.5. The topological polar surface area (TPSA) is 78.4 Å². The summed E-state index contributed by atoms with van der Waals surface area (Å²) in [5.74, 6) is 0.736. The summed E-state index contributed by atoms with van der Waals surface area (Å²) in [4.78, 5) is 26.1. The van der Waals surface area contributed by atoms with Crippen LogP contribution in [0.15, 0.2) is 36.5 Å². The van der Waals surface area contributed by atoms with E-state index < -0.39 is 5.60 Å². The van der Waals surface area contributed by atoms with Gasteiger partial charge in [-0.2, -0.15) is 0 Å². The molecule has 1 aromatic carbocycles. The molecule has 1 saturated carbocycles. The van der Waals surface area contributed by atoms with Crippen molar-refractivity contribution in [1.29, 1.82) is 0 Å². The number of pyridine rings is 1. The van der Waals surface area contributed by atoms with Crippen molar-refractivity contribution in [2.45, 2.75) is 83.4 Å². The van der Waals surface area contributed by atoms with Gasteiger partial charge in [0.2, 0.25) is 0 Å². The molecule has 2 aromatic heterocycles. The van der Waals surface area contributed by atoms with E-state index in [1.54, 1.807) is 17.5 Å². The van der Waals surface area contributed by atoms with Crippen molar-refractivity contribution in [2.75, 3.05) is 13.1 Å². The molecule has 0 saturated heterocycles. The van der Waals surface area contributed by atoms with Crippen molar-refractivity contribution in [1.82, 2.24) is 20.2 Å². The Morgan fingerprint density at radius 1 is 1.17 bits per heavy atom. The molecule has 3 heterocycles. The molecule has 0 radical (unpaired) electrons. The molecule has 0 atom stereocenters. The van der Waals surface area contributed by atoms with Crippen molar-refractivity contribution < 1.29 is 9.90 Å². The number of nitrogens with zero attached hydrogens (tertiary/aromatic N) is 3. The zero-order valence-corrected chi connectivity index (χ0v) is 22.3. The second kappa shape index (κ2) is 11.0. The van der Waals surface area contributed by atoms with Gasteiger partial charge in [-0.05, 0) is 82.0 Å². The quantitative estimate of drug-likeness (QED) is 0.426. The fraction of sp³-hybridized carbons (Fsp3) is 0.552. The number of aromatic nitrogens is 2. The first-order valence-corrected chi connectivity index (χ1v) is 14.4. The molecule has 2 aliphatic rings. The average Bonchev–Trinajstić information content (AvgIpc) is 3.36. The van der Waals surface area contributed by atoms with Gasteiger partial charge in [0.1, 0.15) is 10.6 Å². The number of amides is 1. The number of rotatable bonds is 8. The Kier molecular flexibility index (Phi) is 7.70. The van der Waals surface area contributed by atoms with Gasteiger partial charge in [0.25, 0.3) is 5.91 Å². The maximum absolute atomic E-state index is 13.0. The van der Waals surface area contributed by atoms with Crippen molar-refractivity contribution >= 4 is 28.1 Å². The lowest BCUT2D eigenvalue weighted by molar-refractivity contribution is 0.0279. The highest BCUT2D eigenvalue weighted by molar-refractivity contribution is 7.11. The van der Waals surface area contributed by atoms with Crippen LogP contribution in [-0.2, 0) is 18.6 Å². The van der Waals surface area contributed by atoms with Crippen LogP contribution in [-0.4, -0.2) is 45.0 Å². The number of benzene rings is 1. The Balaban J connectivity index is 1.09. The first kappa shape index (κ1) is 25.3. The molecule has 0 spiro atoms. The third-order valence-corrected chi connectivity index (χ3v) is 9.65. The van der Waals surface area contributed by atoms with Gasteiger partial charge in [0.05, 0.1) is 11.2 Å². The molecule has 1 aliphatic heterocycles. The average molecular weight is 507 g/mol. The Morgan fingerprint density at radius 2 is 1.97 bits per heavy atom. The van der Waals surface area contributed by atoms with E-state index in [1.165, 1.54) is 29.8 Å². The van der Waals surface area contributed by atoms with E-state index in [1.807, 2.05) is 44.2 Å². The van der Waals surface area contributed by atoms with Gasteiger partial charge >= 0.3 is 0 Å². The number of thiazole rings is 1. The predicted molar refractivity (Wildman–Crippen MR) is 145 cm³/mol. The van der Waals surface area contributed by atoms with Crippen LogP contribution < -0.4 is 5.32 Å². The monoisotopic (exact) mass is 506 g/mol. The smallest absolute Gasteiger partial charge is 0.252 e. The predicted octanol–water partition coefficient (Wildman–Crippen LogP) is 5.44. The summed E-state index contributed by atoms with van der Waals surface area (Å²) in [6.07, 6.45) is 9.86. The minimum absolute atomic E-state index is 0.0156. The third-order valence-electron chi connectivity index (χ3n) is 8.30. The normalized spacial score (nSPS) is 20.9. The number of fused-ring (bicyclic) bond motifs is 2. The van der Waals surface area contributed by atoms with Crippen LogP contribution >= 0.6 is 11.3 Å². The number of nitrogens with one attached hydrogen (secondary N) is 1. The molecule has 1 amide bonds. The molecule has 0 unspecified atom stereocenters. The van der Waals surface area contributed by atoms with E-state index in [0.717, 1.165) is 60.7 Å². The zero-order chi connectivity index (χ0) is 25.1. The lowest BCUT2D eigenvalue weighted by atomic mass is 9.84. The molecule has 192 valence electrons. The summed E-state index contributed by atoms with van der Waals surface area (Å²) in [6.45, 7) is 7.16. The van der Waals surface area contributed by atoms with Gasteiger partial charge in [-0.1, -0.05) is 26.0 Å². The van der Waals surface area contributed by atoms with Crippen molar-refractivity contribution in [3.05, 3.63) is 57.7 Å². The first-order valence-electron chi connectivity index (χ1n) is 13.6. The van der Waals surface area contributed by atoms with Crippen LogP contribution in [0.4, 0.5) is 0 Å². The zero-order valence-electron chi connectivity index (χ0n) is 21.5. The fourth-order valence-corrected chi connectivity index (χ4v) is 7.01. The van der Waals surface area contributed by atoms with Crippen LogP contribution in [0.3, 0.4) is 0 Å². The molecule has 1 aliphatic carbocycles. The van der Waals surface area contributed by atoms with E-state index in [-0.39, 0.29) is 11.9 Å². The molecule has 6 nitrogen and oxygen atoms in total. The van der Waals surface area contributed by atoms with Gasteiger partial charge in [-0.25, -0.2) is 4.98 Å². The molecule has 36 heavy (non-hydrogen) atoms. The standard InChI is InChI=1S/C29H38N4O2S/c1-3-29(35,4-2)28-32-25-19-33(18-15-26(25)36-28)17-14-20-10-12-21(13-11-20)31-27(34)23-7-5-9-24-22(23)8-6-16-30-24/h5-9,16,20-21,35H,3-4,10-15,17-19H2,1-2H3,(H,31,34)/t20-,21-. The third kappa shape index (κ3) is 5.34. The Hall–Kier alpha value is -2.35. The van der Waals surface area contributed by atoms with Gasteiger partial charge in [0, 0.05) is 41.2 Å². The minimum Gasteiger partial charge on any atom is -0.383 e. The Bertz CT molecular complexity index is 1190. The Labute approximate surface area is 218 Å². The summed E-state index contributed by atoms with van der Waals surface area (Å²) in [5, 5.41) is 16.0. The van der Waals surface area contributed by atoms with Crippen molar-refractivity contribution in [3.8, 4) is 0 Å². The summed E-state index contributed by atoms with van der Waals surface area (Å²) in [5.41, 5.74) is 1.98. The van der Waals surface area contributed by atoms with E-state index in [9.17, 15) is 9.90 Å². The lowest BCUT2D eigenvalue weighted by Gasteiger charge is -2.32. The number of aliphatic hydroxyl groups is 1. The largest absolute Gasteiger partial charge is 0.383 e. The van der Waals surface area contributed by atoms with Gasteiger partial charge < -0.3 is 10.4 Å². The maximum Gasteiger partial charge on any atom is 0.252 e. The van der Waals surface area contributed by atoms with E-state index in [2.05, 4.69) is 15.2 Å². The summed E-state index contributed by atoms with van der Waals surface area (Å²) >= 11 is 1.72. The minimum atomic E-state index is -0.772. The van der Waals surface area contributed by atoms with Crippen LogP contribution in [0.2, 0.25) is 0 Å². The summed E-state index contributed by atoms with van der Waals surface area (Å²) in [6, 6.07) is 9.86. The molecule has 0 bridgehead atoms. The first-order chi connectivity index (χ1) is 17.5. The SMILES string of the molecule is CCC(O)(CC)c1nc2c(s1)CCN(CC[C@H]1CC[C@H](NC(=O)c3cccc4ncccc34)CC1)C2. The molecule has 5 rings (SSSR count). The van der Waals surface area contributed by atoms with E-state index >= 15 is 0 Å². The summed E-state index contributed by atoms with van der Waals surface area (Å²) < 4.78 is 0. The number of hydrogen-bond donors (Lipinski definition) is 2. The molecule has 3 aromatic rings. The second-order valence-corrected chi connectivity index (χ2v) is 11.6. The lowest BCUT2D eigenvalue weighted by Crippen LogP contribution is -2.38.